The van der Waals surface area contributed by atoms with Gasteiger partial charge >= 0.3 is 16.1 Å². The highest BCUT2D eigenvalue weighted by Crippen LogP contribution is 2.40. The molecule has 0 saturated carbocycles. The van der Waals surface area contributed by atoms with Crippen LogP contribution in [-0.2, 0) is 10.1 Å². The van der Waals surface area contributed by atoms with Crippen LogP contribution in [0, 0.1) is 23.3 Å². The Bertz CT molecular complexity index is 1060. The first-order valence-corrected chi connectivity index (χ1v) is 10.0. The molecule has 0 amide bonds. The summed E-state index contributed by atoms with van der Waals surface area (Å²) in [6, 6.07) is 1.17. The fourth-order valence-electron chi connectivity index (χ4n) is 1.82. The summed E-state index contributed by atoms with van der Waals surface area (Å²) < 4.78 is 89.9. The number of carbonyl (C=O) groups excluding carboxylic acids is 1. The van der Waals surface area contributed by atoms with Gasteiger partial charge in [0.25, 0.3) is 0 Å². The van der Waals surface area contributed by atoms with E-state index in [0.717, 1.165) is 0 Å². The summed E-state index contributed by atoms with van der Waals surface area (Å²) in [6.07, 6.45) is 0. The van der Waals surface area contributed by atoms with Crippen LogP contribution in [0.2, 0.25) is 0 Å². The second-order valence-electron chi connectivity index (χ2n) is 4.66. The lowest BCUT2D eigenvalue weighted by molar-refractivity contribution is 0.0714. The number of carbonyl (C=O) groups is 1. The third-order valence-corrected chi connectivity index (χ3v) is 5.86. The second-order valence-corrected chi connectivity index (χ2v) is 8.52. The first-order chi connectivity index (χ1) is 12.3. The van der Waals surface area contributed by atoms with E-state index in [4.69, 9.17) is 4.55 Å². The molecular formula is C13H3Br3F4O6S. The van der Waals surface area contributed by atoms with Gasteiger partial charge in [0.1, 0.15) is 5.75 Å². The van der Waals surface area contributed by atoms with Crippen molar-refractivity contribution in [1.29, 1.82) is 0 Å². The van der Waals surface area contributed by atoms with E-state index in [2.05, 4.69) is 52.5 Å². The number of hydrogen-bond donors (Lipinski definition) is 2. The van der Waals surface area contributed by atoms with E-state index in [0.29, 0.717) is 0 Å². The van der Waals surface area contributed by atoms with Crippen molar-refractivity contribution >= 4 is 63.9 Å². The molecule has 0 aromatic heterocycles. The fourth-order valence-corrected chi connectivity index (χ4v) is 4.89. The molecule has 0 unspecified atom stereocenters. The number of phenols is 1. The summed E-state index contributed by atoms with van der Waals surface area (Å²) in [4.78, 5) is 9.90. The second kappa shape index (κ2) is 7.66. The predicted molar refractivity (Wildman–Crippen MR) is 92.3 cm³/mol. The summed E-state index contributed by atoms with van der Waals surface area (Å²) >= 11 is 8.72. The highest BCUT2D eigenvalue weighted by Gasteiger charge is 2.34. The standard InChI is InChI=1S/C13H3Br3F4O6S/c14-2-1-3(15)10(21)5(16)4(2)13(22)26-11-6(17)8(19)12(27(23,24)25)9(20)7(11)18/h1,21H,(H,23,24,25). The van der Waals surface area contributed by atoms with Gasteiger partial charge in [-0.05, 0) is 53.9 Å². The molecule has 0 radical (unpaired) electrons. The van der Waals surface area contributed by atoms with Crippen LogP contribution in [0.4, 0.5) is 17.6 Å². The molecule has 6 nitrogen and oxygen atoms in total. The van der Waals surface area contributed by atoms with Crippen molar-refractivity contribution in [3.63, 3.8) is 0 Å². The Kier molecular flexibility index (Phi) is 6.26. The van der Waals surface area contributed by atoms with Gasteiger partial charge in [-0.15, -0.1) is 0 Å². The van der Waals surface area contributed by atoms with Crippen LogP contribution < -0.4 is 4.74 Å². The van der Waals surface area contributed by atoms with Crippen molar-refractivity contribution in [3.8, 4) is 11.5 Å². The predicted octanol–water partition coefficient (Wildman–Crippen LogP) is 4.70. The molecule has 2 N–H and O–H groups in total. The number of ether oxygens (including phenoxy) is 1. The normalized spacial score (nSPS) is 11.6. The molecular weight excluding hydrogens is 600 g/mol. The molecule has 0 aliphatic rings. The van der Waals surface area contributed by atoms with E-state index in [1.54, 1.807) is 0 Å². The first-order valence-electron chi connectivity index (χ1n) is 6.21. The number of benzene rings is 2. The molecule has 0 aliphatic heterocycles. The highest BCUT2D eigenvalue weighted by molar-refractivity contribution is 9.11. The molecule has 27 heavy (non-hydrogen) atoms. The zero-order valence-electron chi connectivity index (χ0n) is 12.2. The van der Waals surface area contributed by atoms with Crippen LogP contribution in [0.15, 0.2) is 24.4 Å². The van der Waals surface area contributed by atoms with Gasteiger partial charge in [0.05, 0.1) is 14.5 Å². The highest BCUT2D eigenvalue weighted by atomic mass is 79.9. The van der Waals surface area contributed by atoms with Crippen molar-refractivity contribution in [2.24, 2.45) is 0 Å². The maximum absolute atomic E-state index is 13.9. The summed E-state index contributed by atoms with van der Waals surface area (Å²) in [5.74, 6) is -13.7. The lowest BCUT2D eigenvalue weighted by Crippen LogP contribution is -2.16. The number of esters is 1. The third kappa shape index (κ3) is 3.99. The van der Waals surface area contributed by atoms with Crippen molar-refractivity contribution in [2.45, 2.75) is 4.90 Å². The Morgan fingerprint density at radius 2 is 1.44 bits per heavy atom. The molecule has 0 atom stereocenters. The average Bonchev–Trinajstić information content (AvgIpc) is 2.53. The van der Waals surface area contributed by atoms with Crippen molar-refractivity contribution in [2.75, 3.05) is 0 Å². The lowest BCUT2D eigenvalue weighted by atomic mass is 10.2. The van der Waals surface area contributed by atoms with Crippen LogP contribution in [-0.4, -0.2) is 24.0 Å². The largest absolute Gasteiger partial charge is 0.506 e. The Morgan fingerprint density at radius 3 is 1.89 bits per heavy atom. The number of halogens is 7. The maximum Gasteiger partial charge on any atom is 0.346 e. The maximum atomic E-state index is 13.9. The Morgan fingerprint density at radius 1 is 0.963 bits per heavy atom. The molecule has 0 aliphatic carbocycles. The van der Waals surface area contributed by atoms with E-state index >= 15 is 0 Å². The molecule has 2 aromatic rings. The van der Waals surface area contributed by atoms with Gasteiger partial charge in [0.2, 0.25) is 17.4 Å². The fraction of sp³-hybridized carbons (Fsp3) is 0. The van der Waals surface area contributed by atoms with Crippen LogP contribution in [0.25, 0.3) is 0 Å². The van der Waals surface area contributed by atoms with E-state index < -0.39 is 61.3 Å². The lowest BCUT2D eigenvalue weighted by Gasteiger charge is -2.13. The quantitative estimate of drug-likeness (QED) is 0.174. The van der Waals surface area contributed by atoms with Gasteiger partial charge < -0.3 is 9.84 Å². The number of rotatable bonds is 3. The summed E-state index contributed by atoms with van der Waals surface area (Å²) in [5.41, 5.74) is -0.505. The molecule has 0 fully saturated rings. The van der Waals surface area contributed by atoms with Crippen LogP contribution in [0.1, 0.15) is 10.4 Å². The minimum atomic E-state index is -5.65. The zero-order valence-corrected chi connectivity index (χ0v) is 17.7. The number of aromatic hydroxyl groups is 1. The minimum Gasteiger partial charge on any atom is -0.506 e. The third-order valence-electron chi connectivity index (χ3n) is 2.99. The SMILES string of the molecule is O=C(Oc1c(F)c(F)c(S(=O)(=O)O)c(F)c1F)c1c(Br)cc(Br)c(O)c1Br. The van der Waals surface area contributed by atoms with Gasteiger partial charge in [-0.1, -0.05) is 0 Å². The van der Waals surface area contributed by atoms with Crippen molar-refractivity contribution < 1.29 is 45.2 Å². The van der Waals surface area contributed by atoms with Gasteiger partial charge in [-0.25, -0.2) is 13.6 Å². The van der Waals surface area contributed by atoms with Crippen LogP contribution in [0.5, 0.6) is 11.5 Å². The Hall–Kier alpha value is -1.22. The van der Waals surface area contributed by atoms with E-state index in [1.807, 2.05) is 0 Å². The van der Waals surface area contributed by atoms with Crippen LogP contribution in [0.3, 0.4) is 0 Å². The van der Waals surface area contributed by atoms with E-state index in [1.165, 1.54) is 6.07 Å². The monoisotopic (exact) mass is 600 g/mol. The summed E-state index contributed by atoms with van der Waals surface area (Å²) in [7, 11) is -5.65. The van der Waals surface area contributed by atoms with Gasteiger partial charge in [-0.2, -0.15) is 17.2 Å². The molecule has 14 heteroatoms. The van der Waals surface area contributed by atoms with Crippen molar-refractivity contribution in [3.05, 3.63) is 48.3 Å². The van der Waals surface area contributed by atoms with Gasteiger partial charge in [-0.3, -0.25) is 4.55 Å². The van der Waals surface area contributed by atoms with Gasteiger partial charge in [0.15, 0.2) is 16.5 Å². The van der Waals surface area contributed by atoms with E-state index in [9.17, 15) is 35.9 Å². The van der Waals surface area contributed by atoms with Crippen LogP contribution >= 0.6 is 47.8 Å². The molecule has 0 bridgehead atoms. The molecule has 0 saturated heterocycles. The molecule has 2 aromatic carbocycles. The molecule has 146 valence electrons. The summed E-state index contributed by atoms with van der Waals surface area (Å²) in [5, 5.41) is 9.76. The Labute approximate surface area is 173 Å². The van der Waals surface area contributed by atoms with Gasteiger partial charge in [0, 0.05) is 4.47 Å². The molecule has 0 spiro atoms. The minimum absolute atomic E-state index is 0.0413. The zero-order chi connectivity index (χ0) is 20.8. The molecule has 0 heterocycles. The summed E-state index contributed by atoms with van der Waals surface area (Å²) in [6.45, 7) is 0. The Balaban J connectivity index is 2.64. The average molecular weight is 603 g/mol. The van der Waals surface area contributed by atoms with Crippen molar-refractivity contribution in [1.82, 2.24) is 0 Å². The topological polar surface area (TPSA) is 101 Å². The smallest absolute Gasteiger partial charge is 0.346 e. The van der Waals surface area contributed by atoms with E-state index in [-0.39, 0.29) is 13.4 Å². The number of hydrogen-bond acceptors (Lipinski definition) is 5. The number of phenolic OH excluding ortho intramolecular Hbond substituents is 1. The first kappa shape index (κ1) is 22.1. The molecule has 2 rings (SSSR count).